The van der Waals surface area contributed by atoms with Crippen molar-refractivity contribution >= 4 is 11.9 Å². The minimum atomic E-state index is -2.15. The predicted molar refractivity (Wildman–Crippen MR) is 264 cm³/mol. The summed E-state index contributed by atoms with van der Waals surface area (Å²) in [6.07, 6.45) is -25.8. The van der Waals surface area contributed by atoms with Gasteiger partial charge in [0.25, 0.3) is 0 Å². The lowest BCUT2D eigenvalue weighted by atomic mass is 9.34. The van der Waals surface area contributed by atoms with Crippen molar-refractivity contribution in [1.29, 1.82) is 0 Å². The van der Waals surface area contributed by atoms with Crippen LogP contribution < -0.4 is 0 Å². The summed E-state index contributed by atoms with van der Waals surface area (Å²) in [5, 5.41) is 155. The third kappa shape index (κ3) is 9.78. The fourth-order valence-corrected chi connectivity index (χ4v) is 16.0. The second-order valence-electron chi connectivity index (χ2n) is 25.1. The lowest BCUT2D eigenvalue weighted by Gasteiger charge is -2.71. The fraction of sp³-hybridized carbons (Fsp3) is 0.889. The average Bonchev–Trinajstić information content (AvgIpc) is 3.70. The highest BCUT2D eigenvalue weighted by Gasteiger charge is 2.72. The van der Waals surface area contributed by atoms with Crippen molar-refractivity contribution in [1.82, 2.24) is 0 Å². The lowest BCUT2D eigenvalue weighted by molar-refractivity contribution is -0.387. The number of carboxylic acid groups (broad SMARTS) is 1. The van der Waals surface area contributed by atoms with E-state index in [0.717, 1.165) is 5.57 Å². The molecular formula is C54H86O23. The first-order valence-electron chi connectivity index (χ1n) is 27.3. The van der Waals surface area contributed by atoms with Gasteiger partial charge in [-0.1, -0.05) is 59.3 Å². The van der Waals surface area contributed by atoms with Crippen LogP contribution in [-0.2, 0) is 42.7 Å². The van der Waals surface area contributed by atoms with Crippen molar-refractivity contribution in [2.75, 3.05) is 26.4 Å². The van der Waals surface area contributed by atoms with Gasteiger partial charge in [-0.05, 0) is 105 Å². The van der Waals surface area contributed by atoms with Crippen molar-refractivity contribution in [2.45, 2.75) is 217 Å². The van der Waals surface area contributed by atoms with E-state index in [2.05, 4.69) is 26.8 Å². The highest BCUT2D eigenvalue weighted by atomic mass is 16.8. The number of esters is 1. The molecule has 14 N–H and O–H groups in total. The number of hydrogen-bond acceptors (Lipinski definition) is 22. The Hall–Kier alpha value is -2.34. The van der Waals surface area contributed by atoms with Gasteiger partial charge >= 0.3 is 11.9 Å². The van der Waals surface area contributed by atoms with Gasteiger partial charge in [0.15, 0.2) is 25.0 Å². The van der Waals surface area contributed by atoms with E-state index in [9.17, 15) is 81.1 Å². The quantitative estimate of drug-likeness (QED) is 0.0558. The predicted octanol–water partition coefficient (Wildman–Crippen LogP) is -1.65. The molecular weight excluding hydrogens is 1020 g/mol. The number of allylic oxidation sites excluding steroid dienone is 3. The number of rotatable bonds is 13. The molecule has 5 aliphatic carbocycles. The first kappa shape index (κ1) is 60.7. The van der Waals surface area contributed by atoms with Crippen LogP contribution >= 0.6 is 0 Å². The fourth-order valence-electron chi connectivity index (χ4n) is 16.0. The highest BCUT2D eigenvalue weighted by molar-refractivity contribution is 5.87. The molecule has 28 atom stereocenters. The van der Waals surface area contributed by atoms with Crippen LogP contribution in [0.5, 0.6) is 0 Å². The molecule has 0 aromatic carbocycles. The summed E-state index contributed by atoms with van der Waals surface area (Å²) >= 11 is 0. The van der Waals surface area contributed by atoms with E-state index in [4.69, 9.17) is 33.2 Å². The van der Waals surface area contributed by atoms with Gasteiger partial charge < -0.3 is 105 Å². The molecule has 23 nitrogen and oxygen atoms in total. The van der Waals surface area contributed by atoms with Gasteiger partial charge in [-0.3, -0.25) is 0 Å². The second-order valence-corrected chi connectivity index (χ2v) is 25.1. The standard InChI is InChI=1S/C54H86O23/c1-9-22(2)46(70)77-44-43(67)54(21-58)27(16-50(44,4)5)26-10-11-31-51(6)14-13-28(23(3)24(18-55)25(51)12-15-52(31,7)53(26,8)17-32(54)59)71-49-41(75-48-38(65)36(63)34(61)30(20-57)73-48)39(66)40(42(76-49)45(68)69)74-47-37(64)35(62)33(60)29(19-56)72-47/h9-10,23-25,27-44,47-49,55-67H,11-21H2,1-8H3,(H,68,69)/b22-9+/t23-,24+,25?,27+,28+,29?,30-,31?,32-,33-,34-,35+,36+,37-,38-,39+,40+,41-,42+,43+,44+,47+,48+,49-,51+,52-,53-,54+/m1/s1. The van der Waals surface area contributed by atoms with Crippen molar-refractivity contribution in [3.05, 3.63) is 23.3 Å². The number of fused-ring (bicyclic) bond motifs is 7. The molecule has 77 heavy (non-hydrogen) atoms. The number of carbonyl (C=O) groups excluding carboxylic acids is 1. The van der Waals surface area contributed by atoms with Gasteiger partial charge in [-0.25, -0.2) is 9.59 Å². The van der Waals surface area contributed by atoms with Crippen LogP contribution in [0.3, 0.4) is 0 Å². The van der Waals surface area contributed by atoms with Crippen LogP contribution in [0.1, 0.15) is 100 Å². The van der Waals surface area contributed by atoms with E-state index in [1.807, 2.05) is 20.8 Å². The van der Waals surface area contributed by atoms with Crippen LogP contribution in [0, 0.1) is 56.7 Å². The Morgan fingerprint density at radius 1 is 0.714 bits per heavy atom. The third-order valence-electron chi connectivity index (χ3n) is 21.0. The Labute approximate surface area is 448 Å². The molecule has 8 aliphatic rings. The van der Waals surface area contributed by atoms with Crippen molar-refractivity contribution < 1.29 is 114 Å². The number of hydrogen-bond donors (Lipinski definition) is 14. The van der Waals surface area contributed by atoms with E-state index in [1.54, 1.807) is 19.9 Å². The monoisotopic (exact) mass is 1100 g/mol. The zero-order chi connectivity index (χ0) is 56.8. The van der Waals surface area contributed by atoms with Crippen LogP contribution in [0.15, 0.2) is 23.3 Å². The van der Waals surface area contributed by atoms with E-state index in [-0.39, 0.29) is 24.9 Å². The van der Waals surface area contributed by atoms with E-state index in [0.29, 0.717) is 44.1 Å². The maximum atomic E-state index is 13.2. The number of ether oxygens (including phenoxy) is 7. The molecule has 7 fully saturated rings. The minimum Gasteiger partial charge on any atom is -0.479 e. The lowest BCUT2D eigenvalue weighted by Crippen LogP contribution is -2.71. The highest BCUT2D eigenvalue weighted by Crippen LogP contribution is 2.75. The van der Waals surface area contributed by atoms with E-state index < -0.39 is 193 Å². The van der Waals surface area contributed by atoms with E-state index >= 15 is 0 Å². The van der Waals surface area contributed by atoms with Crippen molar-refractivity contribution in [2.24, 2.45) is 56.7 Å². The Morgan fingerprint density at radius 2 is 1.30 bits per heavy atom. The largest absolute Gasteiger partial charge is 0.479 e. The Morgan fingerprint density at radius 3 is 1.83 bits per heavy atom. The molecule has 3 aliphatic heterocycles. The number of carbonyl (C=O) groups is 2. The summed E-state index contributed by atoms with van der Waals surface area (Å²) in [5.74, 6) is -3.83. The molecule has 3 saturated heterocycles. The molecule has 0 bridgehead atoms. The maximum Gasteiger partial charge on any atom is 0.335 e. The Bertz CT molecular complexity index is 2170. The summed E-state index contributed by atoms with van der Waals surface area (Å²) in [6, 6.07) is 0. The second kappa shape index (κ2) is 22.4. The Balaban J connectivity index is 1.11. The maximum absolute atomic E-state index is 13.2. The zero-order valence-electron chi connectivity index (χ0n) is 45.2. The van der Waals surface area contributed by atoms with Crippen LogP contribution in [-0.4, -0.2) is 226 Å². The van der Waals surface area contributed by atoms with Crippen molar-refractivity contribution in [3.63, 3.8) is 0 Å². The Kier molecular flexibility index (Phi) is 17.7. The summed E-state index contributed by atoms with van der Waals surface area (Å²) in [4.78, 5) is 26.3. The number of aliphatic hydroxyl groups excluding tert-OH is 13. The van der Waals surface area contributed by atoms with Crippen LogP contribution in [0.4, 0.5) is 0 Å². The van der Waals surface area contributed by atoms with Gasteiger partial charge in [0, 0.05) is 17.6 Å². The summed E-state index contributed by atoms with van der Waals surface area (Å²) in [5.41, 5.74) is -2.45. The molecule has 4 saturated carbocycles. The van der Waals surface area contributed by atoms with Gasteiger partial charge in [0.05, 0.1) is 37.4 Å². The molecule has 0 radical (unpaired) electrons. The molecule has 23 heteroatoms. The molecule has 0 amide bonds. The molecule has 8 rings (SSSR count). The normalized spacial score (nSPS) is 51.9. The third-order valence-corrected chi connectivity index (χ3v) is 21.0. The van der Waals surface area contributed by atoms with Crippen LogP contribution in [0.25, 0.3) is 0 Å². The molecule has 3 unspecified atom stereocenters. The minimum absolute atomic E-state index is 0.0536. The zero-order valence-corrected chi connectivity index (χ0v) is 45.2. The average molecular weight is 1100 g/mol. The van der Waals surface area contributed by atoms with E-state index in [1.165, 1.54) is 0 Å². The smallest absolute Gasteiger partial charge is 0.335 e. The number of aliphatic carboxylic acids is 1. The molecule has 440 valence electrons. The molecule has 0 aromatic heterocycles. The SMILES string of the molecule is C/C=C(\C)C(=O)O[C@H]1[C@H](O)[C@]2(CO)[C@H](O)C[C@]3(C)C(=CCC4[C@@]5(C)CC[C@H](O[C@@H]6O[C@H](C(=O)O)[C@@H](O[C@@H]7OC(CO)[C@@H](O)[C@H](O)[C@H]7O)[C@H](O)[C@H]6O[C@@H]6O[C@H](CO)[C@@H](O)[C@H](O)[C@H]6O)[C@H](C)[C@H](CO)C5CC[C@]43C)[C@@H]2CC1(C)C. The number of carboxylic acids is 1. The first-order valence-corrected chi connectivity index (χ1v) is 27.3. The summed E-state index contributed by atoms with van der Waals surface area (Å²) < 4.78 is 42.0. The molecule has 0 aromatic rings. The van der Waals surface area contributed by atoms with Gasteiger partial charge in [0.2, 0.25) is 0 Å². The summed E-state index contributed by atoms with van der Waals surface area (Å²) in [7, 11) is 0. The van der Waals surface area contributed by atoms with Crippen LogP contribution in [0.2, 0.25) is 0 Å². The molecule has 3 heterocycles. The van der Waals surface area contributed by atoms with Gasteiger partial charge in [0.1, 0.15) is 79.4 Å². The van der Waals surface area contributed by atoms with Gasteiger partial charge in [-0.15, -0.1) is 0 Å². The topological polar surface area (TPSA) is 382 Å². The van der Waals surface area contributed by atoms with Crippen molar-refractivity contribution in [3.8, 4) is 0 Å². The molecule has 0 spiro atoms. The summed E-state index contributed by atoms with van der Waals surface area (Å²) in [6.45, 7) is 13.2. The first-order chi connectivity index (χ1) is 36.1. The van der Waals surface area contributed by atoms with Gasteiger partial charge in [-0.2, -0.15) is 0 Å². The number of aliphatic hydroxyl groups is 13.